The van der Waals surface area contributed by atoms with E-state index in [2.05, 4.69) is 58.0 Å². The molecule has 0 bridgehead atoms. The minimum atomic E-state index is 0.664. The van der Waals surface area contributed by atoms with Crippen LogP contribution in [0.1, 0.15) is 20.8 Å². The summed E-state index contributed by atoms with van der Waals surface area (Å²) < 4.78 is 0. The highest BCUT2D eigenvalue weighted by Crippen LogP contribution is 2.18. The Morgan fingerprint density at radius 3 is 2.30 bits per heavy atom. The SMILES string of the molecule is CCNc1nc(SCCN(C)C)nc(N(CC)CC)n1. The van der Waals surface area contributed by atoms with E-state index >= 15 is 0 Å². The number of nitrogens with zero attached hydrogens (tertiary/aromatic N) is 5. The molecular weight excluding hydrogens is 272 g/mol. The van der Waals surface area contributed by atoms with E-state index in [4.69, 9.17) is 0 Å². The molecule has 20 heavy (non-hydrogen) atoms. The van der Waals surface area contributed by atoms with E-state index in [0.29, 0.717) is 5.95 Å². The molecule has 0 saturated carbocycles. The lowest BCUT2D eigenvalue weighted by Gasteiger charge is -2.19. The summed E-state index contributed by atoms with van der Waals surface area (Å²) in [5, 5.41) is 3.97. The molecule has 0 aliphatic carbocycles. The average molecular weight is 298 g/mol. The Morgan fingerprint density at radius 2 is 1.75 bits per heavy atom. The van der Waals surface area contributed by atoms with Crippen LogP contribution in [0.15, 0.2) is 5.16 Å². The third-order valence-corrected chi connectivity index (χ3v) is 3.58. The van der Waals surface area contributed by atoms with Crippen LogP contribution in [0.5, 0.6) is 0 Å². The number of anilines is 2. The summed E-state index contributed by atoms with van der Waals surface area (Å²) in [5.41, 5.74) is 0. The van der Waals surface area contributed by atoms with Crippen LogP contribution in [0.2, 0.25) is 0 Å². The minimum absolute atomic E-state index is 0.664. The van der Waals surface area contributed by atoms with E-state index in [0.717, 1.165) is 43.0 Å². The number of nitrogens with one attached hydrogen (secondary N) is 1. The van der Waals surface area contributed by atoms with Crippen molar-refractivity contribution in [3.8, 4) is 0 Å². The third kappa shape index (κ3) is 5.50. The van der Waals surface area contributed by atoms with E-state index in [1.54, 1.807) is 11.8 Å². The van der Waals surface area contributed by atoms with Gasteiger partial charge in [-0.25, -0.2) is 0 Å². The van der Waals surface area contributed by atoms with Crippen LogP contribution in [0.4, 0.5) is 11.9 Å². The van der Waals surface area contributed by atoms with Crippen molar-refractivity contribution in [3.05, 3.63) is 0 Å². The first-order valence-electron chi connectivity index (χ1n) is 7.13. The molecule has 0 aromatic carbocycles. The highest BCUT2D eigenvalue weighted by Gasteiger charge is 2.11. The van der Waals surface area contributed by atoms with Crippen molar-refractivity contribution in [2.75, 3.05) is 56.2 Å². The number of rotatable bonds is 9. The van der Waals surface area contributed by atoms with Crippen molar-refractivity contribution in [1.82, 2.24) is 19.9 Å². The van der Waals surface area contributed by atoms with Crippen LogP contribution >= 0.6 is 11.8 Å². The third-order valence-electron chi connectivity index (χ3n) is 2.75. The number of aromatic nitrogens is 3. The standard InChI is InChI=1S/C13H26N6S/c1-6-14-11-15-12(19(7-2)8-3)17-13(16-11)20-10-9-18(4)5/h6-10H2,1-5H3,(H,14,15,16,17). The monoisotopic (exact) mass is 298 g/mol. The second-order valence-corrected chi connectivity index (χ2v) is 5.66. The van der Waals surface area contributed by atoms with Crippen molar-refractivity contribution < 1.29 is 0 Å². The number of thioether (sulfide) groups is 1. The zero-order valence-corrected chi connectivity index (χ0v) is 14.0. The number of hydrogen-bond donors (Lipinski definition) is 1. The molecule has 1 N–H and O–H groups in total. The summed E-state index contributed by atoms with van der Waals surface area (Å²) in [6, 6.07) is 0. The molecular formula is C13H26N6S. The molecule has 6 nitrogen and oxygen atoms in total. The molecule has 0 amide bonds. The van der Waals surface area contributed by atoms with Crippen molar-refractivity contribution in [3.63, 3.8) is 0 Å². The van der Waals surface area contributed by atoms with Gasteiger partial charge in [0, 0.05) is 31.9 Å². The molecule has 0 radical (unpaired) electrons. The van der Waals surface area contributed by atoms with Crippen LogP contribution in [-0.4, -0.2) is 65.9 Å². The van der Waals surface area contributed by atoms with Gasteiger partial charge < -0.3 is 15.1 Å². The van der Waals surface area contributed by atoms with Crippen LogP contribution < -0.4 is 10.2 Å². The van der Waals surface area contributed by atoms with Crippen LogP contribution in [0, 0.1) is 0 Å². The summed E-state index contributed by atoms with van der Waals surface area (Å²) in [5.74, 6) is 2.39. The van der Waals surface area contributed by atoms with Gasteiger partial charge in [-0.1, -0.05) is 11.8 Å². The van der Waals surface area contributed by atoms with E-state index in [1.165, 1.54) is 0 Å². The highest BCUT2D eigenvalue weighted by molar-refractivity contribution is 7.99. The first-order valence-corrected chi connectivity index (χ1v) is 8.11. The first kappa shape index (κ1) is 17.0. The lowest BCUT2D eigenvalue weighted by molar-refractivity contribution is 0.437. The maximum Gasteiger partial charge on any atom is 0.231 e. The topological polar surface area (TPSA) is 57.2 Å². The Labute approximate surface area is 126 Å². The predicted octanol–water partition coefficient (Wildman–Crippen LogP) is 1.80. The molecule has 0 aliphatic rings. The van der Waals surface area contributed by atoms with Crippen molar-refractivity contribution >= 4 is 23.7 Å². The molecule has 0 spiro atoms. The highest BCUT2D eigenvalue weighted by atomic mass is 32.2. The molecule has 0 unspecified atom stereocenters. The lowest BCUT2D eigenvalue weighted by Crippen LogP contribution is -2.25. The normalized spacial score (nSPS) is 10.9. The Morgan fingerprint density at radius 1 is 1.05 bits per heavy atom. The van der Waals surface area contributed by atoms with Gasteiger partial charge in [0.1, 0.15) is 0 Å². The van der Waals surface area contributed by atoms with Gasteiger partial charge in [0.05, 0.1) is 0 Å². The molecule has 0 atom stereocenters. The van der Waals surface area contributed by atoms with Crippen LogP contribution in [0.25, 0.3) is 0 Å². The Balaban J connectivity index is 2.86. The van der Waals surface area contributed by atoms with Crippen LogP contribution in [-0.2, 0) is 0 Å². The second kappa shape index (κ2) is 8.97. The van der Waals surface area contributed by atoms with Gasteiger partial charge >= 0.3 is 0 Å². The average Bonchev–Trinajstić information content (AvgIpc) is 2.40. The summed E-state index contributed by atoms with van der Waals surface area (Å²) >= 11 is 1.67. The number of hydrogen-bond acceptors (Lipinski definition) is 7. The van der Waals surface area contributed by atoms with Crippen molar-refractivity contribution in [2.24, 2.45) is 0 Å². The van der Waals surface area contributed by atoms with Gasteiger partial charge in [0.2, 0.25) is 11.9 Å². The maximum absolute atomic E-state index is 4.56. The van der Waals surface area contributed by atoms with Crippen molar-refractivity contribution in [2.45, 2.75) is 25.9 Å². The fraction of sp³-hybridized carbons (Fsp3) is 0.769. The summed E-state index contributed by atoms with van der Waals surface area (Å²) in [6.45, 7) is 9.87. The molecule has 1 aromatic heterocycles. The van der Waals surface area contributed by atoms with Gasteiger partial charge in [-0.3, -0.25) is 0 Å². The van der Waals surface area contributed by atoms with E-state index in [9.17, 15) is 0 Å². The van der Waals surface area contributed by atoms with Gasteiger partial charge in [-0.15, -0.1) is 0 Å². The quantitative estimate of drug-likeness (QED) is 0.698. The molecule has 7 heteroatoms. The van der Waals surface area contributed by atoms with Crippen LogP contribution in [0.3, 0.4) is 0 Å². The molecule has 0 saturated heterocycles. The Bertz CT molecular complexity index is 394. The molecule has 1 rings (SSSR count). The first-order chi connectivity index (χ1) is 9.60. The maximum atomic E-state index is 4.56. The summed E-state index contributed by atoms with van der Waals surface area (Å²) in [7, 11) is 4.14. The zero-order valence-electron chi connectivity index (χ0n) is 13.2. The fourth-order valence-corrected chi connectivity index (χ4v) is 2.55. The molecule has 114 valence electrons. The molecule has 1 heterocycles. The minimum Gasteiger partial charge on any atom is -0.354 e. The largest absolute Gasteiger partial charge is 0.354 e. The molecule has 0 fully saturated rings. The summed E-state index contributed by atoms with van der Waals surface area (Å²) in [4.78, 5) is 17.8. The van der Waals surface area contributed by atoms with Gasteiger partial charge in [-0.05, 0) is 34.9 Å². The van der Waals surface area contributed by atoms with Gasteiger partial charge in [-0.2, -0.15) is 15.0 Å². The van der Waals surface area contributed by atoms with E-state index in [-0.39, 0.29) is 0 Å². The van der Waals surface area contributed by atoms with Gasteiger partial charge in [0.25, 0.3) is 0 Å². The smallest absolute Gasteiger partial charge is 0.231 e. The summed E-state index contributed by atoms with van der Waals surface area (Å²) in [6.07, 6.45) is 0. The zero-order chi connectivity index (χ0) is 15.0. The molecule has 0 aliphatic heterocycles. The van der Waals surface area contributed by atoms with Crippen molar-refractivity contribution in [1.29, 1.82) is 0 Å². The lowest BCUT2D eigenvalue weighted by atomic mass is 10.5. The predicted molar refractivity (Wildman–Crippen MR) is 86.8 cm³/mol. The Hall–Kier alpha value is -1.08. The second-order valence-electron chi connectivity index (χ2n) is 4.60. The van der Waals surface area contributed by atoms with E-state index < -0.39 is 0 Å². The fourth-order valence-electron chi connectivity index (χ4n) is 1.61. The molecule has 1 aromatic rings. The Kier molecular flexibility index (Phi) is 7.61. The van der Waals surface area contributed by atoms with Gasteiger partial charge in [0.15, 0.2) is 5.16 Å². The van der Waals surface area contributed by atoms with E-state index in [1.807, 2.05) is 6.92 Å².